The van der Waals surface area contributed by atoms with E-state index in [2.05, 4.69) is 15.7 Å². The van der Waals surface area contributed by atoms with Gasteiger partial charge in [-0.1, -0.05) is 35.9 Å². The van der Waals surface area contributed by atoms with Crippen LogP contribution in [0.2, 0.25) is 5.02 Å². The van der Waals surface area contributed by atoms with E-state index in [9.17, 15) is 4.39 Å². The van der Waals surface area contributed by atoms with Crippen molar-refractivity contribution in [3.63, 3.8) is 0 Å². The lowest BCUT2D eigenvalue weighted by molar-refractivity contribution is 0.619. The number of thiocarbonyl (C=S) groups is 1. The minimum absolute atomic E-state index is 0.280. The van der Waals surface area contributed by atoms with Gasteiger partial charge in [0, 0.05) is 11.9 Å². The zero-order valence-electron chi connectivity index (χ0n) is 13.5. The molecule has 0 saturated carbocycles. The highest BCUT2D eigenvalue weighted by Gasteiger charge is 2.09. The third-order valence-corrected chi connectivity index (χ3v) is 3.94. The van der Waals surface area contributed by atoms with Gasteiger partial charge in [-0.3, -0.25) is 4.68 Å². The van der Waals surface area contributed by atoms with Crippen LogP contribution in [0, 0.1) is 12.7 Å². The zero-order chi connectivity index (χ0) is 17.8. The summed E-state index contributed by atoms with van der Waals surface area (Å²) in [6, 6.07) is 14.2. The van der Waals surface area contributed by atoms with Crippen molar-refractivity contribution in [1.82, 2.24) is 9.78 Å². The molecule has 0 spiro atoms. The lowest BCUT2D eigenvalue weighted by Crippen LogP contribution is -2.19. The van der Waals surface area contributed by atoms with Crippen LogP contribution >= 0.6 is 23.8 Å². The van der Waals surface area contributed by atoms with E-state index >= 15 is 0 Å². The molecule has 0 aliphatic carbocycles. The van der Waals surface area contributed by atoms with Gasteiger partial charge >= 0.3 is 0 Å². The van der Waals surface area contributed by atoms with Crippen molar-refractivity contribution in [1.29, 1.82) is 0 Å². The fourth-order valence-electron chi connectivity index (χ4n) is 2.38. The number of rotatable bonds is 4. The molecule has 2 aromatic carbocycles. The van der Waals surface area contributed by atoms with E-state index in [1.807, 2.05) is 37.3 Å². The van der Waals surface area contributed by atoms with E-state index in [4.69, 9.17) is 23.8 Å². The molecule has 1 aromatic heterocycles. The van der Waals surface area contributed by atoms with Gasteiger partial charge in [-0.25, -0.2) is 4.39 Å². The lowest BCUT2D eigenvalue weighted by Gasteiger charge is -2.09. The average Bonchev–Trinajstić information content (AvgIpc) is 2.86. The topological polar surface area (TPSA) is 41.9 Å². The molecule has 128 valence electrons. The number of aryl methyl sites for hydroxylation is 1. The van der Waals surface area contributed by atoms with Crippen molar-refractivity contribution in [2.75, 3.05) is 10.6 Å². The Hall–Kier alpha value is -2.44. The number of nitrogens with one attached hydrogen (secondary N) is 2. The van der Waals surface area contributed by atoms with E-state index in [1.165, 1.54) is 12.1 Å². The van der Waals surface area contributed by atoms with Crippen LogP contribution in [0.1, 0.15) is 11.1 Å². The molecule has 0 amide bonds. The molecule has 0 bridgehead atoms. The van der Waals surface area contributed by atoms with Crippen LogP contribution < -0.4 is 10.6 Å². The van der Waals surface area contributed by atoms with Gasteiger partial charge in [0.05, 0.1) is 6.54 Å². The summed E-state index contributed by atoms with van der Waals surface area (Å²) in [7, 11) is 0. The average molecular weight is 375 g/mol. The Morgan fingerprint density at radius 1 is 1.20 bits per heavy atom. The molecule has 0 aliphatic heterocycles. The van der Waals surface area contributed by atoms with Crippen molar-refractivity contribution >= 4 is 40.4 Å². The number of halogens is 2. The van der Waals surface area contributed by atoms with Crippen LogP contribution in [0.15, 0.2) is 54.7 Å². The molecule has 7 heteroatoms. The SMILES string of the molecule is Cc1cccc(NC(=S)Nc2nn(Cc3cccc(F)c3)cc2Cl)c1. The third-order valence-electron chi connectivity index (χ3n) is 3.46. The molecule has 4 nitrogen and oxygen atoms in total. The maximum atomic E-state index is 13.3. The molecule has 2 N–H and O–H groups in total. The van der Waals surface area contributed by atoms with Gasteiger partial charge in [-0.2, -0.15) is 5.10 Å². The highest BCUT2D eigenvalue weighted by molar-refractivity contribution is 7.80. The first kappa shape index (κ1) is 17.4. The summed E-state index contributed by atoms with van der Waals surface area (Å²) < 4.78 is 14.9. The zero-order valence-corrected chi connectivity index (χ0v) is 15.0. The second-order valence-corrected chi connectivity index (χ2v) is 6.42. The van der Waals surface area contributed by atoms with Gasteiger partial charge < -0.3 is 10.6 Å². The van der Waals surface area contributed by atoms with Crippen LogP contribution in [0.4, 0.5) is 15.9 Å². The van der Waals surface area contributed by atoms with Crippen molar-refractivity contribution in [3.05, 3.63) is 76.7 Å². The Kier molecular flexibility index (Phi) is 5.31. The molecule has 0 atom stereocenters. The van der Waals surface area contributed by atoms with E-state index < -0.39 is 0 Å². The van der Waals surface area contributed by atoms with Crippen molar-refractivity contribution in [3.8, 4) is 0 Å². The summed E-state index contributed by atoms with van der Waals surface area (Å²) in [6.45, 7) is 2.42. The third kappa shape index (κ3) is 4.78. The van der Waals surface area contributed by atoms with E-state index in [1.54, 1.807) is 16.9 Å². The molecule has 3 rings (SSSR count). The van der Waals surface area contributed by atoms with E-state index in [0.717, 1.165) is 16.8 Å². The monoisotopic (exact) mass is 374 g/mol. The first-order valence-electron chi connectivity index (χ1n) is 7.62. The fourth-order valence-corrected chi connectivity index (χ4v) is 2.79. The Morgan fingerprint density at radius 3 is 2.76 bits per heavy atom. The first-order valence-corrected chi connectivity index (χ1v) is 8.40. The van der Waals surface area contributed by atoms with Crippen molar-refractivity contribution in [2.24, 2.45) is 0 Å². The summed E-state index contributed by atoms with van der Waals surface area (Å²) in [5.41, 5.74) is 2.81. The number of hydrogen-bond donors (Lipinski definition) is 2. The second kappa shape index (κ2) is 7.63. The largest absolute Gasteiger partial charge is 0.332 e. The maximum absolute atomic E-state index is 13.3. The van der Waals surface area contributed by atoms with Crippen molar-refractivity contribution in [2.45, 2.75) is 13.5 Å². The summed E-state index contributed by atoms with van der Waals surface area (Å²) >= 11 is 11.5. The standard InChI is InChI=1S/C18H16ClFN4S/c1-12-4-2-7-15(8-12)21-18(25)22-17-16(19)11-24(23-17)10-13-5-3-6-14(20)9-13/h2-9,11H,10H2,1H3,(H2,21,22,23,25). The maximum Gasteiger partial charge on any atom is 0.176 e. The summed E-state index contributed by atoms with van der Waals surface area (Å²) in [5, 5.41) is 11.3. The minimum Gasteiger partial charge on any atom is -0.332 e. The van der Waals surface area contributed by atoms with Crippen LogP contribution in [0.25, 0.3) is 0 Å². The van der Waals surface area contributed by atoms with Crippen LogP contribution in [0.5, 0.6) is 0 Å². The van der Waals surface area contributed by atoms with E-state index in [-0.39, 0.29) is 5.82 Å². The Bertz CT molecular complexity index is 910. The predicted molar refractivity (Wildman–Crippen MR) is 104 cm³/mol. The smallest absolute Gasteiger partial charge is 0.176 e. The van der Waals surface area contributed by atoms with Gasteiger partial charge in [-0.05, 0) is 54.5 Å². The molecule has 25 heavy (non-hydrogen) atoms. The molecule has 1 heterocycles. The summed E-state index contributed by atoms with van der Waals surface area (Å²) in [4.78, 5) is 0. The summed E-state index contributed by atoms with van der Waals surface area (Å²) in [6.07, 6.45) is 1.67. The molecule has 0 fully saturated rings. The molecular formula is C18H16ClFN4S. The number of nitrogens with zero attached hydrogens (tertiary/aromatic N) is 2. The summed E-state index contributed by atoms with van der Waals surface area (Å²) in [5.74, 6) is 0.167. The van der Waals surface area contributed by atoms with Gasteiger partial charge in [-0.15, -0.1) is 0 Å². The highest BCUT2D eigenvalue weighted by atomic mass is 35.5. The molecular weight excluding hydrogens is 359 g/mol. The van der Waals surface area contributed by atoms with Gasteiger partial charge in [0.1, 0.15) is 10.8 Å². The quantitative estimate of drug-likeness (QED) is 0.641. The van der Waals surface area contributed by atoms with Crippen LogP contribution in [0.3, 0.4) is 0 Å². The Morgan fingerprint density at radius 2 is 2.00 bits per heavy atom. The highest BCUT2D eigenvalue weighted by Crippen LogP contribution is 2.21. The molecule has 0 aliphatic rings. The number of anilines is 2. The molecule has 0 saturated heterocycles. The lowest BCUT2D eigenvalue weighted by atomic mass is 10.2. The normalized spacial score (nSPS) is 10.5. The predicted octanol–water partition coefficient (Wildman–Crippen LogP) is 4.84. The van der Waals surface area contributed by atoms with Gasteiger partial charge in [0.2, 0.25) is 0 Å². The number of benzene rings is 2. The van der Waals surface area contributed by atoms with Crippen LogP contribution in [-0.2, 0) is 6.54 Å². The van der Waals surface area contributed by atoms with Crippen molar-refractivity contribution < 1.29 is 4.39 Å². The first-order chi connectivity index (χ1) is 12.0. The fraction of sp³-hybridized carbons (Fsp3) is 0.111. The Labute approximate surface area is 155 Å². The second-order valence-electron chi connectivity index (χ2n) is 5.60. The van der Waals surface area contributed by atoms with E-state index in [0.29, 0.717) is 22.5 Å². The van der Waals surface area contributed by atoms with Crippen LogP contribution in [-0.4, -0.2) is 14.9 Å². The molecule has 0 radical (unpaired) electrons. The minimum atomic E-state index is -0.280. The number of hydrogen-bond acceptors (Lipinski definition) is 2. The Balaban J connectivity index is 1.67. The number of aromatic nitrogens is 2. The molecule has 3 aromatic rings. The molecule has 0 unspecified atom stereocenters. The van der Waals surface area contributed by atoms with Gasteiger partial charge in [0.25, 0.3) is 0 Å². The van der Waals surface area contributed by atoms with Gasteiger partial charge in [0.15, 0.2) is 10.9 Å².